The van der Waals surface area contributed by atoms with E-state index in [0.29, 0.717) is 49.6 Å². The lowest BCUT2D eigenvalue weighted by Crippen LogP contribution is -2.28. The summed E-state index contributed by atoms with van der Waals surface area (Å²) in [6.07, 6.45) is 3.02. The quantitative estimate of drug-likeness (QED) is 0.136. The molecule has 2 aromatic heterocycles. The van der Waals surface area contributed by atoms with E-state index >= 15 is 0 Å². The van der Waals surface area contributed by atoms with Crippen molar-refractivity contribution in [3.05, 3.63) is 162 Å². The first-order valence-corrected chi connectivity index (χ1v) is 20.7. The fourth-order valence-electron chi connectivity index (χ4n) is 5.16. The molecule has 0 atom stereocenters. The topological polar surface area (TPSA) is 138 Å². The molecule has 6 aromatic rings. The van der Waals surface area contributed by atoms with Gasteiger partial charge < -0.3 is 9.13 Å². The second kappa shape index (κ2) is 17.2. The molecule has 54 heavy (non-hydrogen) atoms. The normalized spacial score (nSPS) is 11.5. The maximum Gasteiger partial charge on any atom is 0.288 e. The highest BCUT2D eigenvalue weighted by Gasteiger charge is 2.25. The van der Waals surface area contributed by atoms with Gasteiger partial charge in [-0.25, -0.2) is 31.2 Å². The summed E-state index contributed by atoms with van der Waals surface area (Å²) in [4.78, 5) is 33.4. The summed E-state index contributed by atoms with van der Waals surface area (Å²) in [6.45, 7) is 4.10. The lowest BCUT2D eigenvalue weighted by atomic mass is 10.1. The number of hydrogen-bond donors (Lipinski definition) is 0. The molecule has 0 saturated heterocycles. The second-order valence-corrected chi connectivity index (χ2v) is 16.9. The van der Waals surface area contributed by atoms with E-state index in [-0.39, 0.29) is 23.7 Å². The zero-order valence-corrected chi connectivity index (χ0v) is 32.7. The van der Waals surface area contributed by atoms with Crippen LogP contribution in [-0.2, 0) is 44.3 Å². The van der Waals surface area contributed by atoms with Crippen molar-refractivity contribution in [3.8, 4) is 22.5 Å². The van der Waals surface area contributed by atoms with Crippen LogP contribution in [0.25, 0.3) is 22.5 Å². The highest BCUT2D eigenvalue weighted by atomic mass is 35.5. The predicted octanol–water partition coefficient (Wildman–Crippen LogP) is 7.91. The average molecular weight is 830 g/mol. The second-order valence-electron chi connectivity index (χ2n) is 11.8. The Bertz CT molecular complexity index is 2430. The molecule has 10 nitrogen and oxygen atoms in total. The van der Waals surface area contributed by atoms with Gasteiger partial charge in [0, 0.05) is 51.7 Å². The van der Waals surface area contributed by atoms with Gasteiger partial charge in [-0.1, -0.05) is 71.2 Å². The van der Waals surface area contributed by atoms with E-state index in [4.69, 9.17) is 34.8 Å². The maximum atomic E-state index is 13.2. The van der Waals surface area contributed by atoms with E-state index in [1.807, 2.05) is 0 Å². The molecule has 6 rings (SSSR count). The minimum atomic E-state index is -3.99. The molecule has 0 aliphatic heterocycles. The molecule has 0 saturated carbocycles. The Labute approximate surface area is 326 Å². The van der Waals surface area contributed by atoms with Crippen molar-refractivity contribution in [3.63, 3.8) is 0 Å². The fourth-order valence-corrected chi connectivity index (χ4v) is 8.32. The van der Waals surface area contributed by atoms with Gasteiger partial charge in [0.05, 0.1) is 22.9 Å². The SMILES string of the molecule is CCn1cc(-c2ccc(Cl)cc2)nc(S(=O)(=O)Cc2ccc(Cl)cc2)c1=O.CCn1cc(-c2ccc(F)cc2)nc(S(=O)(=O)Cc2ccc(Cl)cc2)c1=O. The molecular weight excluding hydrogens is 798 g/mol. The van der Waals surface area contributed by atoms with E-state index in [2.05, 4.69) is 9.97 Å². The van der Waals surface area contributed by atoms with Gasteiger partial charge in [-0.2, -0.15) is 0 Å². The van der Waals surface area contributed by atoms with Crippen LogP contribution in [0, 0.1) is 5.82 Å². The summed E-state index contributed by atoms with van der Waals surface area (Å²) in [5.74, 6) is -1.12. The van der Waals surface area contributed by atoms with E-state index in [9.17, 15) is 30.8 Å². The van der Waals surface area contributed by atoms with Gasteiger partial charge in [0.25, 0.3) is 11.1 Å². The molecule has 0 aliphatic carbocycles. The van der Waals surface area contributed by atoms with Crippen LogP contribution in [0.4, 0.5) is 4.39 Å². The van der Waals surface area contributed by atoms with E-state index in [1.165, 1.54) is 39.6 Å². The molecule has 16 heteroatoms. The summed E-state index contributed by atoms with van der Waals surface area (Å²) in [7, 11) is -7.93. The van der Waals surface area contributed by atoms with Crippen molar-refractivity contribution in [1.29, 1.82) is 0 Å². The van der Waals surface area contributed by atoms with Crippen LogP contribution in [0.1, 0.15) is 25.0 Å². The third-order valence-electron chi connectivity index (χ3n) is 7.98. The van der Waals surface area contributed by atoms with Crippen molar-refractivity contribution < 1.29 is 21.2 Å². The molecule has 0 unspecified atom stereocenters. The Balaban J connectivity index is 0.000000208. The summed E-state index contributed by atoms with van der Waals surface area (Å²) >= 11 is 17.6. The standard InChI is InChI=1S/C19H16Cl2N2O3S.C19H16ClFN2O3S/c2*1-2-23-11-17(14-5-9-16(21)10-6-14)22-18(19(23)24)27(25,26)12-13-3-7-15(20)8-4-13/h2*3-11H,2,12H2,1H3. The smallest absolute Gasteiger partial charge is 0.288 e. The Morgan fingerprint density at radius 1 is 0.537 bits per heavy atom. The highest BCUT2D eigenvalue weighted by Crippen LogP contribution is 2.23. The summed E-state index contributed by atoms with van der Waals surface area (Å²) in [5.41, 5.74) is 1.57. The Kier molecular flexibility index (Phi) is 12.9. The fraction of sp³-hybridized carbons (Fsp3) is 0.158. The van der Waals surface area contributed by atoms with Crippen molar-refractivity contribution in [1.82, 2.24) is 19.1 Å². The van der Waals surface area contributed by atoms with E-state index in [0.717, 1.165) is 0 Å². The van der Waals surface area contributed by atoms with Crippen LogP contribution in [0.3, 0.4) is 0 Å². The predicted molar refractivity (Wildman–Crippen MR) is 209 cm³/mol. The number of sulfone groups is 2. The molecule has 4 aromatic carbocycles. The lowest BCUT2D eigenvalue weighted by Gasteiger charge is -2.10. The summed E-state index contributed by atoms with van der Waals surface area (Å²) in [5, 5.41) is 0.555. The molecule has 0 N–H and O–H groups in total. The van der Waals surface area contributed by atoms with Gasteiger partial charge in [0.1, 0.15) is 5.82 Å². The minimum absolute atomic E-state index is 0.277. The number of aryl methyl sites for hydroxylation is 2. The van der Waals surface area contributed by atoms with Crippen LogP contribution in [-0.4, -0.2) is 35.9 Å². The first-order chi connectivity index (χ1) is 25.6. The zero-order valence-electron chi connectivity index (χ0n) is 28.8. The molecule has 0 aliphatic rings. The van der Waals surface area contributed by atoms with Crippen molar-refractivity contribution in [2.75, 3.05) is 0 Å². The third kappa shape index (κ3) is 9.90. The van der Waals surface area contributed by atoms with Crippen LogP contribution < -0.4 is 11.1 Å². The Morgan fingerprint density at radius 2 is 0.852 bits per heavy atom. The first kappa shape index (κ1) is 40.5. The van der Waals surface area contributed by atoms with Crippen molar-refractivity contribution in [2.24, 2.45) is 0 Å². The Hall–Kier alpha value is -4.66. The molecule has 0 bridgehead atoms. The first-order valence-electron chi connectivity index (χ1n) is 16.3. The van der Waals surface area contributed by atoms with Crippen LogP contribution in [0.15, 0.2) is 129 Å². The maximum absolute atomic E-state index is 13.2. The number of benzene rings is 4. The van der Waals surface area contributed by atoms with E-state index in [1.54, 1.807) is 92.8 Å². The number of halogens is 4. The Morgan fingerprint density at radius 3 is 1.19 bits per heavy atom. The largest absolute Gasteiger partial charge is 0.311 e. The minimum Gasteiger partial charge on any atom is -0.311 e. The molecule has 0 fully saturated rings. The number of aromatic nitrogens is 4. The van der Waals surface area contributed by atoms with Crippen LogP contribution >= 0.6 is 34.8 Å². The van der Waals surface area contributed by atoms with Gasteiger partial charge in [0.2, 0.25) is 29.7 Å². The van der Waals surface area contributed by atoms with Gasteiger partial charge in [-0.15, -0.1) is 0 Å². The molecule has 2 heterocycles. The van der Waals surface area contributed by atoms with Crippen LogP contribution in [0.2, 0.25) is 15.1 Å². The van der Waals surface area contributed by atoms with Crippen molar-refractivity contribution >= 4 is 54.5 Å². The molecule has 0 amide bonds. The number of rotatable bonds is 10. The van der Waals surface area contributed by atoms with Gasteiger partial charge in [-0.3, -0.25) is 9.59 Å². The molecular formula is C38H32Cl3FN4O6S2. The third-order valence-corrected chi connectivity index (χ3v) is 11.9. The molecule has 0 spiro atoms. The van der Waals surface area contributed by atoms with Crippen LogP contribution in [0.5, 0.6) is 0 Å². The summed E-state index contributed by atoms with van der Waals surface area (Å²) in [6, 6.07) is 25.1. The number of nitrogens with zero attached hydrogens (tertiary/aromatic N) is 4. The average Bonchev–Trinajstić information content (AvgIpc) is 3.14. The molecule has 280 valence electrons. The van der Waals surface area contributed by atoms with Gasteiger partial charge in [0.15, 0.2) is 0 Å². The zero-order chi connectivity index (χ0) is 39.2. The number of hydrogen-bond acceptors (Lipinski definition) is 8. The monoisotopic (exact) mass is 828 g/mol. The van der Waals surface area contributed by atoms with E-state index < -0.39 is 46.7 Å². The molecule has 0 radical (unpaired) electrons. The van der Waals surface area contributed by atoms with Gasteiger partial charge >= 0.3 is 0 Å². The highest BCUT2D eigenvalue weighted by molar-refractivity contribution is 7.90. The van der Waals surface area contributed by atoms with Gasteiger partial charge in [-0.05, 0) is 85.6 Å². The van der Waals surface area contributed by atoms with Crippen molar-refractivity contribution in [2.45, 2.75) is 48.5 Å². The lowest BCUT2D eigenvalue weighted by molar-refractivity contribution is 0.582. The summed E-state index contributed by atoms with van der Waals surface area (Å²) < 4.78 is 67.2.